The van der Waals surface area contributed by atoms with Crippen molar-refractivity contribution in [3.05, 3.63) is 59.7 Å². The first kappa shape index (κ1) is 23.6. The Morgan fingerprint density at radius 2 is 1.67 bits per heavy atom. The zero-order valence-corrected chi connectivity index (χ0v) is 19.3. The van der Waals surface area contributed by atoms with E-state index in [1.54, 1.807) is 13.1 Å². The monoisotopic (exact) mass is 477 g/mol. The van der Waals surface area contributed by atoms with Crippen LogP contribution in [-0.2, 0) is 13.2 Å². The van der Waals surface area contributed by atoms with Crippen LogP contribution in [0.2, 0.25) is 0 Å². The second-order valence-corrected chi connectivity index (χ2v) is 9.07. The van der Waals surface area contributed by atoms with E-state index in [0.29, 0.717) is 28.9 Å². The fraction of sp³-hybridized carbons (Fsp3) is 0.400. The molecule has 2 fully saturated rings. The molecule has 33 heavy (non-hydrogen) atoms. The molecule has 0 radical (unpaired) electrons. The molecule has 2 aromatic carbocycles. The van der Waals surface area contributed by atoms with E-state index >= 15 is 0 Å². The molecule has 1 N–H and O–H groups in total. The minimum absolute atomic E-state index is 0. The molecule has 5 rings (SSSR count). The molecule has 2 saturated heterocycles. The molecule has 2 aliphatic rings. The standard InChI is InChI=1S/C25H26F3N3O.ClH/c1-30-18-10-11-19(30)14-17(13-18)29-24(32)22-20-8-3-4-9-21(20)31(2)23(22)15-6-5-7-16(12-15)25(26,27)28;/h3-9,12,17-19H,10-11,13-14H2,1-2H3,(H,29,32);1H/t17?,18-,19+;. The van der Waals surface area contributed by atoms with Gasteiger partial charge in [0, 0.05) is 36.1 Å². The molecule has 176 valence electrons. The maximum atomic E-state index is 13.6. The van der Waals surface area contributed by atoms with Crippen molar-refractivity contribution in [3.8, 4) is 11.3 Å². The van der Waals surface area contributed by atoms with Gasteiger partial charge in [0.15, 0.2) is 0 Å². The van der Waals surface area contributed by atoms with E-state index in [9.17, 15) is 18.0 Å². The minimum atomic E-state index is -4.45. The van der Waals surface area contributed by atoms with Gasteiger partial charge in [-0.3, -0.25) is 4.79 Å². The largest absolute Gasteiger partial charge is 0.416 e. The fourth-order valence-electron chi connectivity index (χ4n) is 5.59. The van der Waals surface area contributed by atoms with Crippen LogP contribution in [0.3, 0.4) is 0 Å². The van der Waals surface area contributed by atoms with Crippen LogP contribution in [0.5, 0.6) is 0 Å². The number of nitrogens with zero attached hydrogens (tertiary/aromatic N) is 2. The van der Waals surface area contributed by atoms with E-state index in [1.165, 1.54) is 6.07 Å². The Labute approximate surface area is 197 Å². The predicted octanol–water partition coefficient (Wildman–Crippen LogP) is 5.64. The number of carbonyl (C=O) groups is 1. The number of aromatic nitrogens is 1. The van der Waals surface area contributed by atoms with Gasteiger partial charge in [-0.25, -0.2) is 0 Å². The third kappa shape index (κ3) is 4.13. The normalized spacial score (nSPS) is 22.9. The van der Waals surface area contributed by atoms with E-state index in [-0.39, 0.29) is 24.4 Å². The number of halogens is 4. The summed E-state index contributed by atoms with van der Waals surface area (Å²) in [6, 6.07) is 13.7. The van der Waals surface area contributed by atoms with Crippen molar-refractivity contribution in [1.29, 1.82) is 0 Å². The smallest absolute Gasteiger partial charge is 0.349 e. The Morgan fingerprint density at radius 3 is 2.33 bits per heavy atom. The van der Waals surface area contributed by atoms with Gasteiger partial charge in [0.25, 0.3) is 5.91 Å². The number of benzene rings is 2. The molecule has 0 spiro atoms. The average Bonchev–Trinajstić information content (AvgIpc) is 3.15. The molecule has 8 heteroatoms. The quantitative estimate of drug-likeness (QED) is 0.530. The summed E-state index contributed by atoms with van der Waals surface area (Å²) in [7, 11) is 3.95. The Hall–Kier alpha value is -2.51. The van der Waals surface area contributed by atoms with Gasteiger partial charge in [0.2, 0.25) is 0 Å². The summed E-state index contributed by atoms with van der Waals surface area (Å²) in [6.07, 6.45) is -0.338. The van der Waals surface area contributed by atoms with Crippen molar-refractivity contribution < 1.29 is 18.0 Å². The number of alkyl halides is 3. The van der Waals surface area contributed by atoms with Crippen molar-refractivity contribution >= 4 is 29.2 Å². The molecule has 2 bridgehead atoms. The number of aryl methyl sites for hydroxylation is 1. The number of nitrogens with one attached hydrogen (secondary N) is 1. The number of hydrogen-bond donors (Lipinski definition) is 1. The van der Waals surface area contributed by atoms with Gasteiger partial charge in [-0.2, -0.15) is 13.2 Å². The summed E-state index contributed by atoms with van der Waals surface area (Å²) in [5.41, 5.74) is 1.42. The first-order chi connectivity index (χ1) is 15.2. The summed E-state index contributed by atoms with van der Waals surface area (Å²) in [6.45, 7) is 0. The van der Waals surface area contributed by atoms with Crippen LogP contribution in [0.15, 0.2) is 48.5 Å². The van der Waals surface area contributed by atoms with Crippen LogP contribution in [0.25, 0.3) is 22.2 Å². The number of carbonyl (C=O) groups excluding carboxylic acids is 1. The fourth-order valence-corrected chi connectivity index (χ4v) is 5.59. The lowest BCUT2D eigenvalue weighted by atomic mass is 9.97. The summed E-state index contributed by atoms with van der Waals surface area (Å²) < 4.78 is 42.0. The van der Waals surface area contributed by atoms with Gasteiger partial charge < -0.3 is 14.8 Å². The second-order valence-electron chi connectivity index (χ2n) is 9.07. The zero-order chi connectivity index (χ0) is 22.6. The summed E-state index contributed by atoms with van der Waals surface area (Å²) >= 11 is 0. The van der Waals surface area contributed by atoms with Crippen molar-refractivity contribution in [2.75, 3.05) is 7.05 Å². The van der Waals surface area contributed by atoms with Crippen molar-refractivity contribution in [1.82, 2.24) is 14.8 Å². The van der Waals surface area contributed by atoms with Crippen molar-refractivity contribution in [2.45, 2.75) is 50.0 Å². The highest BCUT2D eigenvalue weighted by molar-refractivity contribution is 6.12. The first-order valence-electron chi connectivity index (χ1n) is 11.0. The molecule has 3 aromatic rings. The maximum absolute atomic E-state index is 13.6. The molecule has 3 atom stereocenters. The number of hydrogen-bond acceptors (Lipinski definition) is 2. The Balaban J connectivity index is 0.00000259. The van der Waals surface area contributed by atoms with E-state index in [1.807, 2.05) is 28.8 Å². The number of rotatable bonds is 3. The lowest BCUT2D eigenvalue weighted by molar-refractivity contribution is -0.137. The highest BCUT2D eigenvalue weighted by Crippen LogP contribution is 2.38. The number of amides is 1. The highest BCUT2D eigenvalue weighted by Gasteiger charge is 2.39. The average molecular weight is 478 g/mol. The highest BCUT2D eigenvalue weighted by atomic mass is 35.5. The SMILES string of the molecule is CN1[C@@H]2CC[C@H]1CC(NC(=O)c1c(-c3cccc(C(F)(F)F)c3)n(C)c3ccccc13)C2.Cl. The van der Waals surface area contributed by atoms with Crippen LogP contribution in [0, 0.1) is 0 Å². The van der Waals surface area contributed by atoms with Gasteiger partial charge in [0.05, 0.1) is 16.8 Å². The Morgan fingerprint density at radius 1 is 1.00 bits per heavy atom. The number of piperidine rings is 1. The van der Waals surface area contributed by atoms with Gasteiger partial charge in [-0.05, 0) is 56.5 Å². The lowest BCUT2D eigenvalue weighted by Crippen LogP contribution is -2.48. The summed E-state index contributed by atoms with van der Waals surface area (Å²) in [5, 5.41) is 3.96. The number of para-hydroxylation sites is 1. The molecule has 3 heterocycles. The molecular formula is C25H27ClF3N3O. The molecule has 1 unspecified atom stereocenters. The van der Waals surface area contributed by atoms with Gasteiger partial charge >= 0.3 is 6.18 Å². The van der Waals surface area contributed by atoms with Crippen LogP contribution in [0.1, 0.15) is 41.6 Å². The third-order valence-corrected chi connectivity index (χ3v) is 7.23. The molecule has 4 nitrogen and oxygen atoms in total. The summed E-state index contributed by atoms with van der Waals surface area (Å²) in [4.78, 5) is 16.0. The van der Waals surface area contributed by atoms with Crippen LogP contribution >= 0.6 is 12.4 Å². The Bertz CT molecular complexity index is 1180. The Kier molecular flexibility index (Phi) is 6.22. The van der Waals surface area contributed by atoms with Crippen LogP contribution in [0.4, 0.5) is 13.2 Å². The zero-order valence-electron chi connectivity index (χ0n) is 18.5. The van der Waals surface area contributed by atoms with Crippen molar-refractivity contribution in [2.24, 2.45) is 7.05 Å². The molecular weight excluding hydrogens is 451 g/mol. The van der Waals surface area contributed by atoms with Crippen molar-refractivity contribution in [3.63, 3.8) is 0 Å². The lowest BCUT2D eigenvalue weighted by Gasteiger charge is -2.36. The molecule has 1 amide bonds. The molecule has 0 aliphatic carbocycles. The topological polar surface area (TPSA) is 37.3 Å². The van der Waals surface area contributed by atoms with E-state index in [4.69, 9.17) is 0 Å². The van der Waals surface area contributed by atoms with E-state index < -0.39 is 11.7 Å². The molecule has 2 aliphatic heterocycles. The van der Waals surface area contributed by atoms with Crippen LogP contribution < -0.4 is 5.32 Å². The minimum Gasteiger partial charge on any atom is -0.349 e. The van der Waals surface area contributed by atoms with Gasteiger partial charge in [-0.15, -0.1) is 12.4 Å². The second kappa shape index (κ2) is 8.69. The molecule has 0 saturated carbocycles. The van der Waals surface area contributed by atoms with Crippen LogP contribution in [-0.4, -0.2) is 40.5 Å². The third-order valence-electron chi connectivity index (χ3n) is 7.23. The van der Waals surface area contributed by atoms with E-state index in [2.05, 4.69) is 17.3 Å². The number of fused-ring (bicyclic) bond motifs is 3. The van der Waals surface area contributed by atoms with Gasteiger partial charge in [-0.1, -0.05) is 30.3 Å². The molecule has 1 aromatic heterocycles. The van der Waals surface area contributed by atoms with E-state index in [0.717, 1.165) is 48.7 Å². The first-order valence-corrected chi connectivity index (χ1v) is 11.0. The predicted molar refractivity (Wildman–Crippen MR) is 126 cm³/mol. The maximum Gasteiger partial charge on any atom is 0.416 e. The van der Waals surface area contributed by atoms with Gasteiger partial charge in [0.1, 0.15) is 0 Å². The summed E-state index contributed by atoms with van der Waals surface area (Å²) in [5.74, 6) is -0.219.